The summed E-state index contributed by atoms with van der Waals surface area (Å²) in [7, 11) is 4.74. The summed E-state index contributed by atoms with van der Waals surface area (Å²) in [6.45, 7) is -0.666. The van der Waals surface area contributed by atoms with E-state index in [-0.39, 0.29) is 63.1 Å². The molecule has 0 fully saturated rings. The second-order valence-electron chi connectivity index (χ2n) is 7.60. The van der Waals surface area contributed by atoms with Crippen molar-refractivity contribution in [2.45, 2.75) is 13.2 Å². The van der Waals surface area contributed by atoms with E-state index in [2.05, 4.69) is 18.9 Å². The molecule has 0 bridgehead atoms. The molecule has 0 saturated carbocycles. The predicted octanol–water partition coefficient (Wildman–Crippen LogP) is 0.344. The molecular weight excluding hydrogens is 571 g/mol. The molecule has 0 aliphatic carbocycles. The number of methoxy groups -OCH3 is 4. The van der Waals surface area contributed by atoms with Crippen LogP contribution in [0, 0.1) is 17.5 Å². The van der Waals surface area contributed by atoms with Crippen LogP contribution in [0.5, 0.6) is 0 Å². The molecule has 3 radical (unpaired) electrons. The third-order valence-corrected chi connectivity index (χ3v) is 5.05. The van der Waals surface area contributed by atoms with E-state index in [1.807, 2.05) is 0 Å². The number of carbonyl (C=O) groups excluding carboxylic acids is 4. The first-order valence-electron chi connectivity index (χ1n) is 11.4. The van der Waals surface area contributed by atoms with Gasteiger partial charge in [0.2, 0.25) is 0 Å². The molecule has 0 saturated heterocycles. The Morgan fingerprint density at radius 2 is 1.00 bits per heavy atom. The van der Waals surface area contributed by atoms with Crippen LogP contribution in [0.1, 0.15) is 54.0 Å². The second kappa shape index (κ2) is 20.7. The van der Waals surface area contributed by atoms with E-state index in [4.69, 9.17) is 10.2 Å². The van der Waals surface area contributed by atoms with Gasteiger partial charge in [0, 0.05) is 14.0 Å². The fourth-order valence-corrected chi connectivity index (χ4v) is 2.91. The molecule has 3 rings (SSSR count). The van der Waals surface area contributed by atoms with Crippen LogP contribution in [0.2, 0.25) is 0 Å². The SMILES string of the molecule is COC(=O)c1cc(CO)ccc1F.COC(=O)c1ccc(F)c(C(=O)OC)c1.COC(=O)c1ccc(F)c(CO)c1.[B].[H-].[Li+]. The summed E-state index contributed by atoms with van der Waals surface area (Å²) >= 11 is 0. The first kappa shape index (κ1) is 41.0. The van der Waals surface area contributed by atoms with Crippen molar-refractivity contribution < 1.29 is 81.8 Å². The van der Waals surface area contributed by atoms with E-state index in [1.165, 1.54) is 51.7 Å². The van der Waals surface area contributed by atoms with Crippen molar-refractivity contribution >= 4 is 32.3 Å². The Hall–Kier alpha value is -4.09. The summed E-state index contributed by atoms with van der Waals surface area (Å²) < 4.78 is 56.5. The minimum Gasteiger partial charge on any atom is -1.00 e. The number of aliphatic hydroxyl groups excluding tert-OH is 2. The Kier molecular flexibility index (Phi) is 19.8. The van der Waals surface area contributed by atoms with Gasteiger partial charge in [-0.2, -0.15) is 0 Å². The van der Waals surface area contributed by atoms with Crippen molar-refractivity contribution in [1.29, 1.82) is 0 Å². The molecule has 225 valence electrons. The molecule has 3 aromatic rings. The average Bonchev–Trinajstić information content (AvgIpc) is 3.00. The molecule has 0 heterocycles. The van der Waals surface area contributed by atoms with Crippen LogP contribution >= 0.6 is 0 Å². The second-order valence-corrected chi connectivity index (χ2v) is 7.60. The van der Waals surface area contributed by atoms with Crippen LogP contribution in [0.25, 0.3) is 0 Å². The molecule has 0 aliphatic heterocycles. The van der Waals surface area contributed by atoms with Crippen LogP contribution in [-0.4, -0.2) is 70.9 Å². The molecule has 3 aromatic carbocycles. The summed E-state index contributed by atoms with van der Waals surface area (Å²) in [6, 6.07) is 10.8. The van der Waals surface area contributed by atoms with Gasteiger partial charge in [0.15, 0.2) is 0 Å². The van der Waals surface area contributed by atoms with Crippen molar-refractivity contribution in [2.75, 3.05) is 28.4 Å². The van der Waals surface area contributed by atoms with E-state index in [0.717, 1.165) is 31.4 Å². The number of aliphatic hydroxyl groups is 2. The van der Waals surface area contributed by atoms with Gasteiger partial charge in [-0.05, 0) is 54.1 Å². The maximum Gasteiger partial charge on any atom is 1.00 e. The summed E-state index contributed by atoms with van der Waals surface area (Å²) in [6.07, 6.45) is 0. The smallest absolute Gasteiger partial charge is 1.00 e. The Morgan fingerprint density at radius 1 is 0.605 bits per heavy atom. The predicted molar refractivity (Wildman–Crippen MR) is 143 cm³/mol. The van der Waals surface area contributed by atoms with Gasteiger partial charge in [0.25, 0.3) is 0 Å². The minimum absolute atomic E-state index is 0. The van der Waals surface area contributed by atoms with Gasteiger partial charge in [-0.15, -0.1) is 0 Å². The van der Waals surface area contributed by atoms with E-state index < -0.39 is 47.9 Å². The number of rotatable bonds is 6. The van der Waals surface area contributed by atoms with Crippen LogP contribution in [0.3, 0.4) is 0 Å². The number of halogens is 3. The molecule has 10 nitrogen and oxygen atoms in total. The molecule has 0 atom stereocenters. The largest absolute Gasteiger partial charge is 1.00 e. The van der Waals surface area contributed by atoms with E-state index in [9.17, 15) is 32.3 Å². The topological polar surface area (TPSA) is 146 Å². The number of hydrogen-bond donors (Lipinski definition) is 2. The Bertz CT molecular complexity index is 1400. The maximum absolute atomic E-state index is 13.1. The van der Waals surface area contributed by atoms with Gasteiger partial charge >= 0.3 is 42.7 Å². The Labute approximate surface area is 260 Å². The minimum atomic E-state index is -0.835. The summed E-state index contributed by atoms with van der Waals surface area (Å²) in [5.41, 5.74) is 0.436. The van der Waals surface area contributed by atoms with Crippen LogP contribution in [-0.2, 0) is 32.2 Å². The van der Waals surface area contributed by atoms with Crippen molar-refractivity contribution in [1.82, 2.24) is 0 Å². The van der Waals surface area contributed by atoms with E-state index in [1.54, 1.807) is 0 Å². The third-order valence-electron chi connectivity index (χ3n) is 5.05. The number of ether oxygens (including phenoxy) is 4. The summed E-state index contributed by atoms with van der Waals surface area (Å²) in [4.78, 5) is 44.1. The zero-order chi connectivity index (χ0) is 31.1. The summed E-state index contributed by atoms with van der Waals surface area (Å²) in [5.74, 6) is -4.69. The molecular formula is C28H28BF3LiO10. The van der Waals surface area contributed by atoms with E-state index in [0.29, 0.717) is 5.56 Å². The molecule has 0 spiro atoms. The van der Waals surface area contributed by atoms with Crippen molar-refractivity contribution in [3.63, 3.8) is 0 Å². The van der Waals surface area contributed by atoms with Gasteiger partial charge in [0.1, 0.15) is 17.5 Å². The number of carbonyl (C=O) groups is 4. The monoisotopic (exact) mass is 599 g/mol. The van der Waals surface area contributed by atoms with Gasteiger partial charge in [-0.3, -0.25) is 0 Å². The van der Waals surface area contributed by atoms with Gasteiger partial charge in [-0.25, -0.2) is 32.3 Å². The van der Waals surface area contributed by atoms with Crippen molar-refractivity contribution in [2.24, 2.45) is 0 Å². The fraction of sp³-hybridized carbons (Fsp3) is 0.214. The number of esters is 4. The molecule has 43 heavy (non-hydrogen) atoms. The quantitative estimate of drug-likeness (QED) is 0.231. The zero-order valence-electron chi connectivity index (χ0n) is 25.0. The molecule has 0 aliphatic rings. The average molecular weight is 599 g/mol. The molecule has 0 unspecified atom stereocenters. The summed E-state index contributed by atoms with van der Waals surface area (Å²) in [5, 5.41) is 17.4. The van der Waals surface area contributed by atoms with Crippen molar-refractivity contribution in [3.8, 4) is 0 Å². The van der Waals surface area contributed by atoms with Gasteiger partial charge in [0.05, 0.1) is 63.9 Å². The van der Waals surface area contributed by atoms with Gasteiger partial charge < -0.3 is 30.6 Å². The van der Waals surface area contributed by atoms with E-state index >= 15 is 0 Å². The fourth-order valence-electron chi connectivity index (χ4n) is 2.91. The van der Waals surface area contributed by atoms with Crippen LogP contribution < -0.4 is 18.9 Å². The van der Waals surface area contributed by atoms with Gasteiger partial charge in [-0.1, -0.05) is 6.07 Å². The molecule has 15 heteroatoms. The Morgan fingerprint density at radius 3 is 1.42 bits per heavy atom. The number of hydrogen-bond acceptors (Lipinski definition) is 10. The molecule has 0 amide bonds. The first-order valence-corrected chi connectivity index (χ1v) is 11.4. The number of benzene rings is 3. The first-order chi connectivity index (χ1) is 19.5. The van der Waals surface area contributed by atoms with Crippen LogP contribution in [0.15, 0.2) is 54.6 Å². The standard InChI is InChI=1S/C10H9FO4.2C9H9FO3.B.Li.H/c1-14-9(12)6-3-4-8(11)7(5-6)10(13)15-2;1-13-9(12)6-2-3-8(10)7(4-6)5-11;1-13-9(12)7-4-6(5-11)2-3-8(7)10;;;/h3-5H,1-2H3;2*2-4,11H,5H2,1H3;;;/q;;;;+1;-1. The normalized spacial score (nSPS) is 9.23. The molecule has 0 aromatic heterocycles. The third kappa shape index (κ3) is 12.4. The maximum atomic E-state index is 13.1. The zero-order valence-corrected chi connectivity index (χ0v) is 24.0. The van der Waals surface area contributed by atoms with Crippen LogP contribution in [0.4, 0.5) is 13.2 Å². The molecule has 2 N–H and O–H groups in total. The Balaban J connectivity index is -0.000000556. The van der Waals surface area contributed by atoms with Crippen molar-refractivity contribution in [3.05, 3.63) is 105 Å².